The Kier molecular flexibility index (Phi) is 2.74. The van der Waals surface area contributed by atoms with Crippen LogP contribution in [0.25, 0.3) is 0 Å². The zero-order valence-corrected chi connectivity index (χ0v) is 9.95. The highest BCUT2D eigenvalue weighted by atomic mass is 35.5. The van der Waals surface area contributed by atoms with E-state index in [1.165, 1.54) is 25.1 Å². The van der Waals surface area contributed by atoms with Gasteiger partial charge < -0.3 is 10.2 Å². The van der Waals surface area contributed by atoms with Gasteiger partial charge in [-0.05, 0) is 37.4 Å². The van der Waals surface area contributed by atoms with Gasteiger partial charge in [0.25, 0.3) is 0 Å². The van der Waals surface area contributed by atoms with Crippen LogP contribution in [0, 0.1) is 5.92 Å². The van der Waals surface area contributed by atoms with Crippen molar-refractivity contribution in [1.82, 2.24) is 10.3 Å². The van der Waals surface area contributed by atoms with Gasteiger partial charge in [-0.15, -0.1) is 0 Å². The molecule has 0 spiro atoms. The molecule has 2 aliphatic heterocycles. The molecule has 0 unspecified atom stereocenters. The zero-order chi connectivity index (χ0) is 11.0. The average molecular weight is 238 g/mol. The van der Waals surface area contributed by atoms with Crippen molar-refractivity contribution >= 4 is 17.3 Å². The van der Waals surface area contributed by atoms with Gasteiger partial charge in [0.2, 0.25) is 0 Å². The molecule has 0 aromatic carbocycles. The molecule has 86 valence electrons. The van der Waals surface area contributed by atoms with E-state index < -0.39 is 0 Å². The Morgan fingerprint density at radius 3 is 3.06 bits per heavy atom. The SMILES string of the molecule is Clc1ccc(N2CCC[C@@H]3CN[C@@H]3C2)cn1. The first-order chi connectivity index (χ1) is 7.83. The Hall–Kier alpha value is -0.800. The van der Waals surface area contributed by atoms with Crippen molar-refractivity contribution in [2.45, 2.75) is 18.9 Å². The molecule has 1 aromatic heterocycles. The molecule has 2 fully saturated rings. The van der Waals surface area contributed by atoms with Crippen LogP contribution >= 0.6 is 11.6 Å². The van der Waals surface area contributed by atoms with Crippen LogP contribution in [0.2, 0.25) is 5.15 Å². The molecule has 0 bridgehead atoms. The smallest absolute Gasteiger partial charge is 0.129 e. The first-order valence-corrected chi connectivity index (χ1v) is 6.30. The molecule has 2 atom stereocenters. The van der Waals surface area contributed by atoms with Crippen molar-refractivity contribution in [1.29, 1.82) is 0 Å². The van der Waals surface area contributed by atoms with Gasteiger partial charge in [-0.3, -0.25) is 0 Å². The topological polar surface area (TPSA) is 28.2 Å². The van der Waals surface area contributed by atoms with Gasteiger partial charge in [-0.25, -0.2) is 4.98 Å². The molecule has 3 heterocycles. The molecule has 0 amide bonds. The Morgan fingerprint density at radius 1 is 1.44 bits per heavy atom. The van der Waals surface area contributed by atoms with E-state index in [0.29, 0.717) is 11.2 Å². The van der Waals surface area contributed by atoms with Gasteiger partial charge in [0, 0.05) is 19.1 Å². The van der Waals surface area contributed by atoms with Gasteiger partial charge in [0.15, 0.2) is 0 Å². The first kappa shape index (κ1) is 10.4. The third-order valence-corrected chi connectivity index (χ3v) is 3.93. The van der Waals surface area contributed by atoms with Crippen LogP contribution in [0.3, 0.4) is 0 Å². The predicted octanol–water partition coefficient (Wildman–Crippen LogP) is 1.92. The van der Waals surface area contributed by atoms with Crippen LogP contribution in [0.1, 0.15) is 12.8 Å². The number of rotatable bonds is 1. The lowest BCUT2D eigenvalue weighted by molar-refractivity contribution is 0.234. The summed E-state index contributed by atoms with van der Waals surface area (Å²) in [5.41, 5.74) is 1.19. The quantitative estimate of drug-likeness (QED) is 0.757. The second-order valence-corrected chi connectivity index (χ2v) is 5.09. The Labute approximate surface area is 101 Å². The van der Waals surface area contributed by atoms with E-state index in [1.54, 1.807) is 0 Å². The summed E-state index contributed by atoms with van der Waals surface area (Å²) in [6, 6.07) is 4.61. The van der Waals surface area contributed by atoms with Crippen LogP contribution < -0.4 is 10.2 Å². The van der Waals surface area contributed by atoms with Crippen molar-refractivity contribution in [2.24, 2.45) is 5.92 Å². The molecule has 4 heteroatoms. The minimum absolute atomic E-state index is 0.568. The van der Waals surface area contributed by atoms with Gasteiger partial charge in [0.05, 0.1) is 11.9 Å². The third-order valence-electron chi connectivity index (χ3n) is 3.71. The van der Waals surface area contributed by atoms with Crippen molar-refractivity contribution in [3.05, 3.63) is 23.5 Å². The molecule has 0 saturated carbocycles. The standard InChI is InChI=1S/C12H16ClN3/c13-12-4-3-10(7-15-12)16-5-1-2-9-6-14-11(9)8-16/h3-4,7,9,11,14H,1-2,5-6,8H2/t9-,11-/m1/s1. The van der Waals surface area contributed by atoms with E-state index in [0.717, 1.165) is 19.0 Å². The monoisotopic (exact) mass is 237 g/mol. The molecule has 3 nitrogen and oxygen atoms in total. The Balaban J connectivity index is 1.75. The number of fused-ring (bicyclic) bond motifs is 1. The number of anilines is 1. The minimum atomic E-state index is 0.568. The number of aromatic nitrogens is 1. The Morgan fingerprint density at radius 2 is 2.38 bits per heavy atom. The lowest BCUT2D eigenvalue weighted by atomic mass is 9.89. The summed E-state index contributed by atoms with van der Waals surface area (Å²) >= 11 is 5.80. The van der Waals surface area contributed by atoms with Gasteiger partial charge in [-0.1, -0.05) is 11.6 Å². The van der Waals surface area contributed by atoms with Gasteiger partial charge in [0.1, 0.15) is 5.15 Å². The molecule has 2 saturated heterocycles. The fourth-order valence-electron chi connectivity index (χ4n) is 2.63. The van der Waals surface area contributed by atoms with Crippen molar-refractivity contribution in [3.8, 4) is 0 Å². The van der Waals surface area contributed by atoms with Crippen molar-refractivity contribution < 1.29 is 0 Å². The van der Waals surface area contributed by atoms with Crippen molar-refractivity contribution in [3.63, 3.8) is 0 Å². The Bertz CT molecular complexity index is 365. The highest BCUT2D eigenvalue weighted by Gasteiger charge is 2.33. The van der Waals surface area contributed by atoms with E-state index in [4.69, 9.17) is 11.6 Å². The molecular formula is C12H16ClN3. The van der Waals surface area contributed by atoms with Crippen LogP contribution in [0.4, 0.5) is 5.69 Å². The van der Waals surface area contributed by atoms with E-state index >= 15 is 0 Å². The van der Waals surface area contributed by atoms with Gasteiger partial charge >= 0.3 is 0 Å². The van der Waals surface area contributed by atoms with Crippen LogP contribution in [0.15, 0.2) is 18.3 Å². The molecule has 2 aliphatic rings. The van der Waals surface area contributed by atoms with E-state index in [-0.39, 0.29) is 0 Å². The number of hydrogen-bond donors (Lipinski definition) is 1. The molecule has 1 aromatic rings. The first-order valence-electron chi connectivity index (χ1n) is 5.93. The van der Waals surface area contributed by atoms with E-state index in [9.17, 15) is 0 Å². The number of hydrogen-bond acceptors (Lipinski definition) is 3. The summed E-state index contributed by atoms with van der Waals surface area (Å²) in [7, 11) is 0. The van der Waals surface area contributed by atoms with Crippen LogP contribution in [-0.2, 0) is 0 Å². The largest absolute Gasteiger partial charge is 0.369 e. The third kappa shape index (κ3) is 1.89. The summed E-state index contributed by atoms with van der Waals surface area (Å²) in [6.45, 7) is 3.45. The average Bonchev–Trinajstić information content (AvgIpc) is 2.41. The number of pyridine rings is 1. The van der Waals surface area contributed by atoms with Crippen molar-refractivity contribution in [2.75, 3.05) is 24.5 Å². The highest BCUT2D eigenvalue weighted by molar-refractivity contribution is 6.29. The van der Waals surface area contributed by atoms with E-state index in [1.807, 2.05) is 12.3 Å². The second-order valence-electron chi connectivity index (χ2n) is 4.70. The van der Waals surface area contributed by atoms with Crippen LogP contribution in [-0.4, -0.2) is 30.7 Å². The molecule has 0 radical (unpaired) electrons. The normalized spacial score (nSPS) is 29.2. The lowest BCUT2D eigenvalue weighted by Crippen LogP contribution is -2.56. The predicted molar refractivity (Wildman–Crippen MR) is 66.0 cm³/mol. The summed E-state index contributed by atoms with van der Waals surface area (Å²) in [4.78, 5) is 6.57. The number of nitrogens with one attached hydrogen (secondary N) is 1. The molecule has 16 heavy (non-hydrogen) atoms. The molecular weight excluding hydrogens is 222 g/mol. The summed E-state index contributed by atoms with van der Waals surface area (Å²) < 4.78 is 0. The minimum Gasteiger partial charge on any atom is -0.369 e. The fourth-order valence-corrected chi connectivity index (χ4v) is 2.74. The fraction of sp³-hybridized carbons (Fsp3) is 0.583. The zero-order valence-electron chi connectivity index (χ0n) is 9.19. The second kappa shape index (κ2) is 4.22. The highest BCUT2D eigenvalue weighted by Crippen LogP contribution is 2.26. The summed E-state index contributed by atoms with van der Waals surface area (Å²) in [5.74, 6) is 0.894. The van der Waals surface area contributed by atoms with Crippen LogP contribution in [0.5, 0.6) is 0 Å². The lowest BCUT2D eigenvalue weighted by Gasteiger charge is -2.38. The number of halogens is 1. The maximum absolute atomic E-state index is 5.80. The maximum Gasteiger partial charge on any atom is 0.129 e. The van der Waals surface area contributed by atoms with E-state index in [2.05, 4.69) is 21.3 Å². The maximum atomic E-state index is 5.80. The molecule has 1 N–H and O–H groups in total. The molecule has 3 rings (SSSR count). The molecule has 0 aliphatic carbocycles. The number of nitrogens with zero attached hydrogens (tertiary/aromatic N) is 2. The summed E-state index contributed by atoms with van der Waals surface area (Å²) in [6.07, 6.45) is 4.52. The summed E-state index contributed by atoms with van der Waals surface area (Å²) in [5, 5.41) is 4.08. The van der Waals surface area contributed by atoms with Gasteiger partial charge in [-0.2, -0.15) is 0 Å².